The van der Waals surface area contributed by atoms with E-state index in [2.05, 4.69) is 31.2 Å². The normalized spacial score (nSPS) is 15.1. The minimum Gasteiger partial charge on any atom is -0.389 e. The molecule has 5 nitrogen and oxygen atoms in total. The van der Waals surface area contributed by atoms with Crippen LogP contribution in [0.1, 0.15) is 11.9 Å². The zero-order chi connectivity index (χ0) is 10.6. The Morgan fingerprint density at radius 2 is 2.00 bits per heavy atom. The van der Waals surface area contributed by atoms with E-state index >= 15 is 0 Å². The molecule has 0 aliphatic carbocycles. The van der Waals surface area contributed by atoms with E-state index in [1.165, 1.54) is 12.4 Å². The summed E-state index contributed by atoms with van der Waals surface area (Å²) in [6.45, 7) is 0.292. The molecule has 0 amide bonds. The second kappa shape index (κ2) is 5.35. The second-order valence-corrected chi connectivity index (χ2v) is 3.75. The average Bonchev–Trinajstić information content (AvgIpc) is 2.18. The molecule has 14 heavy (non-hydrogen) atoms. The summed E-state index contributed by atoms with van der Waals surface area (Å²) >= 11 is 3.18. The fraction of sp³-hybridized carbons (Fsp3) is 0.500. The van der Waals surface area contributed by atoms with Crippen molar-refractivity contribution in [2.75, 3.05) is 13.6 Å². The van der Waals surface area contributed by atoms with E-state index in [-0.39, 0.29) is 5.82 Å². The molecular formula is C8H12BrN3O2. The van der Waals surface area contributed by atoms with Crippen molar-refractivity contribution < 1.29 is 10.2 Å². The van der Waals surface area contributed by atoms with Crippen LogP contribution < -0.4 is 5.32 Å². The number of halogens is 1. The van der Waals surface area contributed by atoms with Crippen molar-refractivity contribution >= 4 is 15.9 Å². The minimum atomic E-state index is -1.06. The topological polar surface area (TPSA) is 78.3 Å². The van der Waals surface area contributed by atoms with Crippen LogP contribution in [0.25, 0.3) is 0 Å². The maximum absolute atomic E-state index is 9.58. The summed E-state index contributed by atoms with van der Waals surface area (Å²) in [4.78, 5) is 7.77. The van der Waals surface area contributed by atoms with Crippen molar-refractivity contribution in [1.29, 1.82) is 0 Å². The van der Waals surface area contributed by atoms with E-state index in [0.29, 0.717) is 6.54 Å². The number of aliphatic hydroxyl groups excluding tert-OH is 2. The van der Waals surface area contributed by atoms with Crippen LogP contribution in [0.5, 0.6) is 0 Å². The fourth-order valence-corrected chi connectivity index (χ4v) is 1.17. The largest absolute Gasteiger partial charge is 0.389 e. The molecule has 1 aromatic heterocycles. The van der Waals surface area contributed by atoms with Crippen molar-refractivity contribution in [2.45, 2.75) is 12.2 Å². The Balaban J connectivity index is 2.68. The predicted molar refractivity (Wildman–Crippen MR) is 54.6 cm³/mol. The van der Waals surface area contributed by atoms with Crippen LogP contribution in [0.2, 0.25) is 0 Å². The molecule has 0 radical (unpaired) electrons. The van der Waals surface area contributed by atoms with Gasteiger partial charge >= 0.3 is 0 Å². The van der Waals surface area contributed by atoms with Gasteiger partial charge < -0.3 is 15.5 Å². The van der Waals surface area contributed by atoms with Crippen LogP contribution >= 0.6 is 15.9 Å². The van der Waals surface area contributed by atoms with E-state index in [1.54, 1.807) is 7.05 Å². The zero-order valence-corrected chi connectivity index (χ0v) is 9.27. The summed E-state index contributed by atoms with van der Waals surface area (Å²) in [7, 11) is 1.69. The number of hydrogen-bond donors (Lipinski definition) is 3. The third kappa shape index (κ3) is 2.98. The molecule has 0 aliphatic rings. The van der Waals surface area contributed by atoms with Crippen molar-refractivity contribution in [2.24, 2.45) is 0 Å². The maximum Gasteiger partial charge on any atom is 0.159 e. The first-order valence-corrected chi connectivity index (χ1v) is 4.92. The molecule has 0 aromatic carbocycles. The van der Waals surface area contributed by atoms with Gasteiger partial charge in [-0.05, 0) is 23.0 Å². The molecule has 1 heterocycles. The van der Waals surface area contributed by atoms with Crippen molar-refractivity contribution in [3.63, 3.8) is 0 Å². The maximum atomic E-state index is 9.58. The third-order valence-electron chi connectivity index (χ3n) is 1.68. The smallest absolute Gasteiger partial charge is 0.159 e. The number of aliphatic hydroxyl groups is 2. The van der Waals surface area contributed by atoms with E-state index < -0.39 is 12.2 Å². The Hall–Kier alpha value is -0.560. The average molecular weight is 262 g/mol. The Bertz CT molecular complexity index is 280. The Kier molecular flexibility index (Phi) is 4.40. The van der Waals surface area contributed by atoms with Crippen molar-refractivity contribution in [3.05, 3.63) is 22.7 Å². The molecular weight excluding hydrogens is 250 g/mol. The van der Waals surface area contributed by atoms with Gasteiger partial charge in [0.2, 0.25) is 0 Å². The van der Waals surface area contributed by atoms with Gasteiger partial charge in [0, 0.05) is 18.9 Å². The molecule has 1 rings (SSSR count). The molecule has 0 spiro atoms. The monoisotopic (exact) mass is 261 g/mol. The van der Waals surface area contributed by atoms with E-state index in [0.717, 1.165) is 4.47 Å². The molecule has 3 N–H and O–H groups in total. The molecule has 0 aliphatic heterocycles. The van der Waals surface area contributed by atoms with Gasteiger partial charge in [-0.1, -0.05) is 0 Å². The lowest BCUT2D eigenvalue weighted by molar-refractivity contribution is 0.0148. The number of nitrogens with zero attached hydrogens (tertiary/aromatic N) is 2. The van der Waals surface area contributed by atoms with Crippen LogP contribution in [-0.2, 0) is 0 Å². The Morgan fingerprint density at radius 1 is 1.43 bits per heavy atom. The van der Waals surface area contributed by atoms with E-state index in [4.69, 9.17) is 0 Å². The molecule has 2 atom stereocenters. The van der Waals surface area contributed by atoms with Crippen LogP contribution in [0.3, 0.4) is 0 Å². The molecule has 0 saturated carbocycles. The van der Waals surface area contributed by atoms with Gasteiger partial charge in [-0.25, -0.2) is 9.97 Å². The van der Waals surface area contributed by atoms with Gasteiger partial charge in [0.25, 0.3) is 0 Å². The first-order valence-electron chi connectivity index (χ1n) is 4.13. The molecule has 78 valence electrons. The van der Waals surface area contributed by atoms with Crippen LogP contribution in [0, 0.1) is 0 Å². The lowest BCUT2D eigenvalue weighted by Gasteiger charge is -2.15. The standard InChI is InChI=1S/C8H12BrN3O2/c1-10-4-6(13)7(14)8-11-2-5(9)3-12-8/h2-3,6-7,10,13-14H,4H2,1H3. The summed E-state index contributed by atoms with van der Waals surface area (Å²) in [6, 6.07) is 0. The number of hydrogen-bond acceptors (Lipinski definition) is 5. The van der Waals surface area contributed by atoms with E-state index in [9.17, 15) is 10.2 Å². The van der Waals surface area contributed by atoms with Gasteiger partial charge in [0.1, 0.15) is 6.10 Å². The molecule has 6 heteroatoms. The SMILES string of the molecule is CNCC(O)C(O)c1ncc(Br)cn1. The summed E-state index contributed by atoms with van der Waals surface area (Å²) < 4.78 is 0.733. The zero-order valence-electron chi connectivity index (χ0n) is 7.68. The predicted octanol–water partition coefficient (Wildman–Crippen LogP) is -0.147. The van der Waals surface area contributed by atoms with Gasteiger partial charge in [0.05, 0.1) is 10.6 Å². The van der Waals surface area contributed by atoms with Crippen molar-refractivity contribution in [3.8, 4) is 0 Å². The minimum absolute atomic E-state index is 0.218. The number of nitrogens with one attached hydrogen (secondary N) is 1. The highest BCUT2D eigenvalue weighted by Gasteiger charge is 2.19. The quantitative estimate of drug-likeness (QED) is 0.703. The number of likely N-dealkylation sites (N-methyl/N-ethyl adjacent to an activating group) is 1. The van der Waals surface area contributed by atoms with Gasteiger partial charge in [-0.3, -0.25) is 0 Å². The Labute approximate surface area is 90.3 Å². The van der Waals surface area contributed by atoms with Gasteiger partial charge in [-0.15, -0.1) is 0 Å². The van der Waals surface area contributed by atoms with Crippen LogP contribution in [0.4, 0.5) is 0 Å². The highest BCUT2D eigenvalue weighted by atomic mass is 79.9. The molecule has 1 aromatic rings. The molecule has 0 fully saturated rings. The number of rotatable bonds is 4. The van der Waals surface area contributed by atoms with E-state index in [1.807, 2.05) is 0 Å². The highest BCUT2D eigenvalue weighted by molar-refractivity contribution is 9.10. The van der Waals surface area contributed by atoms with Crippen LogP contribution in [0.15, 0.2) is 16.9 Å². The fourth-order valence-electron chi connectivity index (χ4n) is 0.968. The van der Waals surface area contributed by atoms with Gasteiger partial charge in [0.15, 0.2) is 5.82 Å². The van der Waals surface area contributed by atoms with Gasteiger partial charge in [-0.2, -0.15) is 0 Å². The summed E-state index contributed by atoms with van der Waals surface area (Å²) in [5, 5.41) is 21.8. The summed E-state index contributed by atoms with van der Waals surface area (Å²) in [5.74, 6) is 0.218. The van der Waals surface area contributed by atoms with Crippen LogP contribution in [-0.4, -0.2) is 39.9 Å². The third-order valence-corrected chi connectivity index (χ3v) is 2.09. The Morgan fingerprint density at radius 3 is 2.50 bits per heavy atom. The molecule has 2 unspecified atom stereocenters. The first kappa shape index (κ1) is 11.5. The molecule has 0 saturated heterocycles. The number of aromatic nitrogens is 2. The second-order valence-electron chi connectivity index (χ2n) is 2.83. The lowest BCUT2D eigenvalue weighted by Crippen LogP contribution is -2.30. The highest BCUT2D eigenvalue weighted by Crippen LogP contribution is 2.13. The first-order chi connectivity index (χ1) is 6.65. The molecule has 0 bridgehead atoms. The lowest BCUT2D eigenvalue weighted by atomic mass is 10.2. The summed E-state index contributed by atoms with van der Waals surface area (Å²) in [6.07, 6.45) is 1.09. The van der Waals surface area contributed by atoms with Crippen molar-refractivity contribution in [1.82, 2.24) is 15.3 Å². The summed E-state index contributed by atoms with van der Waals surface area (Å²) in [5.41, 5.74) is 0.